The lowest BCUT2D eigenvalue weighted by molar-refractivity contribution is -0.154. The first-order valence-electron chi connectivity index (χ1n) is 13.6. The molecule has 10 heteroatoms. The number of carbonyl (C=O) groups is 3. The molecular formula is C31H42N2O7S. The zero-order valence-corrected chi connectivity index (χ0v) is 25.6. The molecule has 2 rings (SSSR count). The Morgan fingerprint density at radius 1 is 0.951 bits per heavy atom. The molecule has 2 aromatic carbocycles. The second-order valence-electron chi connectivity index (χ2n) is 11.1. The number of Topliss-reactive ketones (excluding diaryl/α,β-unsaturated/α-hetero) is 1. The largest absolute Gasteiger partial charge is 0.493 e. The van der Waals surface area contributed by atoms with Crippen molar-refractivity contribution in [2.45, 2.75) is 60.4 Å². The van der Waals surface area contributed by atoms with E-state index in [0.717, 1.165) is 12.0 Å². The van der Waals surface area contributed by atoms with Gasteiger partial charge < -0.3 is 30.0 Å². The van der Waals surface area contributed by atoms with Crippen LogP contribution < -0.4 is 20.1 Å². The number of aliphatic carboxylic acids is 1. The number of carboxylic acid groups (broad SMARTS) is 1. The van der Waals surface area contributed by atoms with E-state index in [0.29, 0.717) is 29.7 Å². The molecule has 41 heavy (non-hydrogen) atoms. The van der Waals surface area contributed by atoms with E-state index in [1.54, 1.807) is 12.1 Å². The summed E-state index contributed by atoms with van der Waals surface area (Å²) in [6, 6.07) is 11.7. The second kappa shape index (κ2) is 16.0. The van der Waals surface area contributed by atoms with Crippen molar-refractivity contribution in [3.63, 3.8) is 0 Å². The van der Waals surface area contributed by atoms with Gasteiger partial charge in [-0.3, -0.25) is 14.4 Å². The number of nitrogens with one attached hydrogen (secondary N) is 2. The summed E-state index contributed by atoms with van der Waals surface area (Å²) in [7, 11) is 1.50. The second-order valence-corrected chi connectivity index (χ2v) is 11.5. The van der Waals surface area contributed by atoms with Gasteiger partial charge in [-0.2, -0.15) is 0 Å². The van der Waals surface area contributed by atoms with E-state index in [4.69, 9.17) is 31.5 Å². The van der Waals surface area contributed by atoms with E-state index in [1.807, 2.05) is 26.8 Å². The van der Waals surface area contributed by atoms with Crippen molar-refractivity contribution in [1.82, 2.24) is 10.6 Å². The van der Waals surface area contributed by atoms with Gasteiger partial charge in [-0.15, -0.1) is 0 Å². The third kappa shape index (κ3) is 12.2. The molecule has 0 aromatic heterocycles. The van der Waals surface area contributed by atoms with Gasteiger partial charge in [0.15, 0.2) is 22.4 Å². The van der Waals surface area contributed by atoms with E-state index in [-0.39, 0.29) is 43.7 Å². The molecule has 0 heterocycles. The zero-order valence-electron chi connectivity index (χ0n) is 24.8. The maximum absolute atomic E-state index is 12.4. The number of ketones is 1. The van der Waals surface area contributed by atoms with Crippen molar-refractivity contribution in [2.75, 3.05) is 26.9 Å². The van der Waals surface area contributed by atoms with E-state index in [2.05, 4.69) is 42.7 Å². The Kier molecular flexibility index (Phi) is 13.1. The maximum Gasteiger partial charge on any atom is 0.311 e. The minimum atomic E-state index is -1.03. The number of rotatable bonds is 15. The fourth-order valence-corrected chi connectivity index (χ4v) is 3.92. The molecule has 0 aliphatic carbocycles. The molecular weight excluding hydrogens is 544 g/mol. The Bertz CT molecular complexity index is 1220. The number of methoxy groups -OCH3 is 1. The fraction of sp³-hybridized carbons (Fsp3) is 0.484. The third-order valence-electron chi connectivity index (χ3n) is 6.40. The Labute approximate surface area is 248 Å². The van der Waals surface area contributed by atoms with E-state index in [9.17, 15) is 14.4 Å². The summed E-state index contributed by atoms with van der Waals surface area (Å²) < 4.78 is 16.6. The van der Waals surface area contributed by atoms with Crippen LogP contribution in [0.3, 0.4) is 0 Å². The van der Waals surface area contributed by atoms with Crippen molar-refractivity contribution < 1.29 is 33.7 Å². The predicted molar refractivity (Wildman–Crippen MR) is 161 cm³/mol. The maximum atomic E-state index is 12.4. The first kappa shape index (κ1) is 33.5. The average Bonchev–Trinajstić information content (AvgIpc) is 2.92. The summed E-state index contributed by atoms with van der Waals surface area (Å²) in [5.41, 5.74) is 3.92. The monoisotopic (exact) mass is 586 g/mol. The van der Waals surface area contributed by atoms with Gasteiger partial charge in [0, 0.05) is 25.4 Å². The number of benzene rings is 2. The number of carboxylic acids is 1. The normalized spacial score (nSPS) is 11.8. The van der Waals surface area contributed by atoms with Gasteiger partial charge in [-0.1, -0.05) is 24.3 Å². The van der Waals surface area contributed by atoms with Crippen LogP contribution in [-0.4, -0.2) is 54.8 Å². The highest BCUT2D eigenvalue weighted by Crippen LogP contribution is 2.28. The topological polar surface area (TPSA) is 123 Å². The Balaban J connectivity index is 1.94. The molecule has 224 valence electrons. The summed E-state index contributed by atoms with van der Waals surface area (Å²) in [6.07, 6.45) is 0.409. The minimum absolute atomic E-state index is 0.0119. The molecule has 0 saturated carbocycles. The van der Waals surface area contributed by atoms with Gasteiger partial charge in [0.1, 0.15) is 6.61 Å². The van der Waals surface area contributed by atoms with Crippen molar-refractivity contribution in [1.29, 1.82) is 0 Å². The summed E-state index contributed by atoms with van der Waals surface area (Å²) in [4.78, 5) is 34.9. The van der Waals surface area contributed by atoms with E-state index >= 15 is 0 Å². The molecule has 0 spiro atoms. The van der Waals surface area contributed by atoms with Crippen molar-refractivity contribution in [3.05, 3.63) is 58.7 Å². The van der Waals surface area contributed by atoms with Crippen molar-refractivity contribution >= 4 is 35.1 Å². The first-order valence-corrected chi connectivity index (χ1v) is 14.0. The molecule has 0 radical (unpaired) electrons. The lowest BCUT2D eigenvalue weighted by Gasteiger charge is -2.22. The van der Waals surface area contributed by atoms with Crippen LogP contribution in [0.25, 0.3) is 0 Å². The average molecular weight is 587 g/mol. The molecule has 0 aliphatic rings. The Morgan fingerprint density at radius 3 is 2.29 bits per heavy atom. The van der Waals surface area contributed by atoms with Crippen LogP contribution in [0, 0.1) is 25.2 Å². The predicted octanol–water partition coefficient (Wildman–Crippen LogP) is 4.54. The van der Waals surface area contributed by atoms with Gasteiger partial charge in [0.05, 0.1) is 25.6 Å². The Morgan fingerprint density at radius 2 is 1.66 bits per heavy atom. The summed E-state index contributed by atoms with van der Waals surface area (Å²) in [5, 5.41) is 15.6. The molecule has 3 N–H and O–H groups in total. The smallest absolute Gasteiger partial charge is 0.311 e. The number of carbonyl (C=O) groups excluding carboxylic acids is 2. The number of aryl methyl sites for hydroxylation is 2. The van der Waals surface area contributed by atoms with Crippen LogP contribution in [-0.2, 0) is 32.1 Å². The molecule has 0 amide bonds. The number of thiocarbonyl (C=S) groups is 1. The molecule has 2 aromatic rings. The minimum Gasteiger partial charge on any atom is -0.493 e. The molecule has 9 nitrogen and oxygen atoms in total. The SMILES string of the molecule is COc1cc(CNC(=S)NCC(COC(=O)C(C)(C)C)Cc2ccc(C)c(C)c2)ccc1OCC(=O)CCC(=O)O. The summed E-state index contributed by atoms with van der Waals surface area (Å²) in [5.74, 6) is -0.725. The van der Waals surface area contributed by atoms with Crippen LogP contribution >= 0.6 is 12.2 Å². The van der Waals surface area contributed by atoms with E-state index < -0.39 is 11.4 Å². The highest BCUT2D eigenvalue weighted by Gasteiger charge is 2.24. The van der Waals surface area contributed by atoms with Gasteiger partial charge in [-0.05, 0) is 87.6 Å². The zero-order chi connectivity index (χ0) is 30.6. The van der Waals surface area contributed by atoms with Crippen LogP contribution in [0.2, 0.25) is 0 Å². The fourth-order valence-electron chi connectivity index (χ4n) is 3.76. The highest BCUT2D eigenvalue weighted by atomic mass is 32.1. The number of esters is 1. The molecule has 0 saturated heterocycles. The number of hydrogen-bond donors (Lipinski definition) is 3. The molecule has 1 unspecified atom stereocenters. The third-order valence-corrected chi connectivity index (χ3v) is 6.69. The molecule has 0 aliphatic heterocycles. The lowest BCUT2D eigenvalue weighted by atomic mass is 9.96. The van der Waals surface area contributed by atoms with Crippen molar-refractivity contribution in [3.8, 4) is 11.5 Å². The molecule has 0 fully saturated rings. The highest BCUT2D eigenvalue weighted by molar-refractivity contribution is 7.80. The van der Waals surface area contributed by atoms with Crippen LogP contribution in [0.5, 0.6) is 11.5 Å². The van der Waals surface area contributed by atoms with Gasteiger partial charge in [-0.25, -0.2) is 0 Å². The molecule has 1 atom stereocenters. The van der Waals surface area contributed by atoms with Gasteiger partial charge >= 0.3 is 11.9 Å². The van der Waals surface area contributed by atoms with Crippen LogP contribution in [0.15, 0.2) is 36.4 Å². The van der Waals surface area contributed by atoms with E-state index in [1.165, 1.54) is 23.8 Å². The van der Waals surface area contributed by atoms with Crippen LogP contribution in [0.4, 0.5) is 0 Å². The summed E-state index contributed by atoms with van der Waals surface area (Å²) >= 11 is 5.50. The van der Waals surface area contributed by atoms with Gasteiger partial charge in [0.25, 0.3) is 0 Å². The quantitative estimate of drug-likeness (QED) is 0.203. The molecule has 0 bridgehead atoms. The number of hydrogen-bond acceptors (Lipinski definition) is 7. The van der Waals surface area contributed by atoms with Crippen LogP contribution in [0.1, 0.15) is 55.9 Å². The van der Waals surface area contributed by atoms with Gasteiger partial charge in [0.2, 0.25) is 0 Å². The Hall–Kier alpha value is -3.66. The number of ether oxygens (including phenoxy) is 3. The first-order chi connectivity index (χ1) is 19.3. The summed E-state index contributed by atoms with van der Waals surface area (Å²) in [6.45, 7) is 10.6. The standard InChI is InChI=1S/C31H42N2O7S/c1-20-7-8-22(13-21(20)2)14-24(18-40-29(37)31(3,4)5)17-33-30(41)32-16-23-9-11-26(27(15-23)38-6)39-19-25(34)10-12-28(35)36/h7-9,11,13,15,24H,10,12,14,16-19H2,1-6H3,(H,35,36)(H2,32,33,41). The van der Waals surface area contributed by atoms with Crippen molar-refractivity contribution in [2.24, 2.45) is 11.3 Å². The lowest BCUT2D eigenvalue weighted by Crippen LogP contribution is -2.39.